The van der Waals surface area contributed by atoms with Crippen molar-refractivity contribution in [1.29, 1.82) is 0 Å². The fourth-order valence-corrected chi connectivity index (χ4v) is 5.68. The number of hydrogen-bond donors (Lipinski definition) is 1. The van der Waals surface area contributed by atoms with Gasteiger partial charge in [-0.2, -0.15) is 13.2 Å². The largest absolute Gasteiger partial charge is 0.416 e. The molecule has 0 bridgehead atoms. The first-order valence-corrected chi connectivity index (χ1v) is 10.7. The van der Waals surface area contributed by atoms with Crippen molar-refractivity contribution in [2.24, 2.45) is 0 Å². The van der Waals surface area contributed by atoms with Crippen LogP contribution in [0, 0.1) is 0 Å². The van der Waals surface area contributed by atoms with Crippen LogP contribution in [0.3, 0.4) is 0 Å². The molecule has 0 spiro atoms. The predicted molar refractivity (Wildman–Crippen MR) is 108 cm³/mol. The quantitative estimate of drug-likeness (QED) is 0.508. The summed E-state index contributed by atoms with van der Waals surface area (Å²) in [6, 6.07) is 7.77. The third-order valence-electron chi connectivity index (χ3n) is 5.60. The van der Waals surface area contributed by atoms with Crippen LogP contribution < -0.4 is 5.32 Å². The maximum Gasteiger partial charge on any atom is 0.416 e. The van der Waals surface area contributed by atoms with Crippen LogP contribution in [0.4, 0.5) is 13.2 Å². The number of fused-ring (bicyclic) bond motifs is 3. The minimum atomic E-state index is -4.40. The van der Waals surface area contributed by atoms with Crippen LogP contribution in [-0.4, -0.2) is 16.9 Å². The first-order chi connectivity index (χ1) is 13.4. The summed E-state index contributed by atoms with van der Waals surface area (Å²) >= 11 is 8.21. The van der Waals surface area contributed by atoms with Crippen molar-refractivity contribution in [3.63, 3.8) is 0 Å². The Morgan fingerprint density at radius 2 is 1.93 bits per heavy atom. The zero-order valence-corrected chi connectivity index (χ0v) is 16.6. The fraction of sp³-hybridized carbons (Fsp3) is 0.333. The normalized spacial score (nSPS) is 16.9. The minimum absolute atomic E-state index is 0.136. The molecule has 3 heterocycles. The summed E-state index contributed by atoms with van der Waals surface area (Å²) in [5, 5.41) is 4.72. The molecule has 28 heavy (non-hydrogen) atoms. The summed E-state index contributed by atoms with van der Waals surface area (Å²) in [7, 11) is 0. The Labute approximate surface area is 170 Å². The lowest BCUT2D eigenvalue weighted by atomic mass is 9.96. The van der Waals surface area contributed by atoms with E-state index in [1.165, 1.54) is 27.7 Å². The van der Waals surface area contributed by atoms with E-state index < -0.39 is 11.7 Å². The van der Waals surface area contributed by atoms with Crippen molar-refractivity contribution >= 4 is 34.3 Å². The molecule has 0 atom stereocenters. The van der Waals surface area contributed by atoms with Crippen LogP contribution >= 0.6 is 23.4 Å². The Kier molecular flexibility index (Phi) is 4.41. The first-order valence-electron chi connectivity index (χ1n) is 9.33. The van der Waals surface area contributed by atoms with E-state index in [4.69, 9.17) is 11.6 Å². The molecule has 146 valence electrons. The smallest absolute Gasteiger partial charge is 0.343 e. The zero-order chi connectivity index (χ0) is 19.5. The van der Waals surface area contributed by atoms with Crippen LogP contribution in [0.1, 0.15) is 23.2 Å². The molecule has 2 aliphatic rings. The van der Waals surface area contributed by atoms with E-state index in [1.54, 1.807) is 0 Å². The number of rotatable bonds is 1. The van der Waals surface area contributed by atoms with Gasteiger partial charge in [0.1, 0.15) is 0 Å². The Balaban J connectivity index is 1.79. The Morgan fingerprint density at radius 1 is 1.11 bits per heavy atom. The third kappa shape index (κ3) is 2.85. The van der Waals surface area contributed by atoms with Gasteiger partial charge in [0, 0.05) is 52.6 Å². The summed E-state index contributed by atoms with van der Waals surface area (Å²) in [6.45, 7) is 2.70. The molecule has 3 aromatic rings. The topological polar surface area (TPSA) is 17.0 Å². The van der Waals surface area contributed by atoms with E-state index >= 15 is 0 Å². The summed E-state index contributed by atoms with van der Waals surface area (Å²) in [4.78, 5) is 1.24. The summed E-state index contributed by atoms with van der Waals surface area (Å²) in [5.74, 6) is 1.07. The maximum absolute atomic E-state index is 13.1. The highest BCUT2D eigenvalue weighted by Gasteiger charge is 2.31. The van der Waals surface area contributed by atoms with Crippen molar-refractivity contribution in [3.8, 4) is 11.1 Å². The average molecular weight is 423 g/mol. The van der Waals surface area contributed by atoms with Gasteiger partial charge in [-0.25, -0.2) is 0 Å². The van der Waals surface area contributed by atoms with Gasteiger partial charge in [0.25, 0.3) is 0 Å². The van der Waals surface area contributed by atoms with Crippen molar-refractivity contribution < 1.29 is 13.2 Å². The zero-order valence-electron chi connectivity index (χ0n) is 15.0. The molecule has 0 unspecified atom stereocenters. The molecular formula is C21H18ClF3N2S. The molecule has 0 saturated carbocycles. The van der Waals surface area contributed by atoms with Gasteiger partial charge >= 0.3 is 6.18 Å². The highest BCUT2D eigenvalue weighted by atomic mass is 35.5. The van der Waals surface area contributed by atoms with Gasteiger partial charge in [-0.3, -0.25) is 0 Å². The van der Waals surface area contributed by atoms with Gasteiger partial charge in [-0.15, -0.1) is 11.8 Å². The second kappa shape index (κ2) is 6.71. The molecule has 0 aliphatic carbocycles. The van der Waals surface area contributed by atoms with Crippen LogP contribution in [0.25, 0.3) is 22.0 Å². The average Bonchev–Trinajstić information content (AvgIpc) is 2.84. The molecule has 0 fully saturated rings. The van der Waals surface area contributed by atoms with Gasteiger partial charge in [-0.05, 0) is 41.5 Å². The van der Waals surface area contributed by atoms with Gasteiger partial charge in [0.2, 0.25) is 0 Å². The number of nitrogens with zero attached hydrogens (tertiary/aromatic N) is 1. The van der Waals surface area contributed by atoms with E-state index in [-0.39, 0.29) is 5.02 Å². The van der Waals surface area contributed by atoms with Gasteiger partial charge in [0.15, 0.2) is 0 Å². The van der Waals surface area contributed by atoms with Gasteiger partial charge in [-0.1, -0.05) is 23.7 Å². The number of nitrogens with one attached hydrogen (secondary N) is 1. The standard InChI is InChI=1S/C21H18ClF3N2S/c22-16-10-12(21(23,24)25)2-3-13(16)14-4-5-18-20-19(14)15-11-26-7-6-17(15)27(20)8-1-9-28-18/h2-5,10,26H,1,6-9,11H2. The molecule has 2 nitrogen and oxygen atoms in total. The van der Waals surface area contributed by atoms with Crippen molar-refractivity contribution in [1.82, 2.24) is 9.88 Å². The summed E-state index contributed by atoms with van der Waals surface area (Å²) < 4.78 is 41.6. The SMILES string of the molecule is FC(F)(F)c1ccc(-c2ccc3c4c2c2c(n4CCCS3)CCNC2)c(Cl)c1. The molecule has 1 N–H and O–H groups in total. The number of alkyl halides is 3. The predicted octanol–water partition coefficient (Wildman–Crippen LogP) is 6.12. The summed E-state index contributed by atoms with van der Waals surface area (Å²) in [5.41, 5.74) is 4.68. The number of hydrogen-bond acceptors (Lipinski definition) is 2. The number of aromatic nitrogens is 1. The molecule has 0 amide bonds. The van der Waals surface area contributed by atoms with Crippen LogP contribution in [0.15, 0.2) is 35.2 Å². The van der Waals surface area contributed by atoms with Crippen LogP contribution in [0.5, 0.6) is 0 Å². The minimum Gasteiger partial charge on any atom is -0.343 e. The van der Waals surface area contributed by atoms with Crippen molar-refractivity contribution in [3.05, 3.63) is 52.2 Å². The van der Waals surface area contributed by atoms with E-state index in [2.05, 4.69) is 16.0 Å². The molecule has 0 radical (unpaired) electrons. The number of thioether (sulfide) groups is 1. The second-order valence-electron chi connectivity index (χ2n) is 7.23. The van der Waals surface area contributed by atoms with E-state index in [1.807, 2.05) is 17.8 Å². The number of aryl methyl sites for hydroxylation is 1. The molecule has 1 aromatic heterocycles. The van der Waals surface area contributed by atoms with Gasteiger partial charge in [0.05, 0.1) is 11.1 Å². The molecule has 0 saturated heterocycles. The number of halogens is 4. The van der Waals surface area contributed by atoms with Crippen molar-refractivity contribution in [2.75, 3.05) is 12.3 Å². The van der Waals surface area contributed by atoms with Crippen LogP contribution in [-0.2, 0) is 25.7 Å². The lowest BCUT2D eigenvalue weighted by Crippen LogP contribution is -2.24. The molecule has 2 aromatic carbocycles. The van der Waals surface area contributed by atoms with Gasteiger partial charge < -0.3 is 9.88 Å². The second-order valence-corrected chi connectivity index (χ2v) is 8.78. The number of benzene rings is 2. The highest BCUT2D eigenvalue weighted by Crippen LogP contribution is 2.45. The third-order valence-corrected chi connectivity index (χ3v) is 7.04. The Bertz CT molecular complexity index is 1090. The van der Waals surface area contributed by atoms with E-state index in [0.29, 0.717) is 5.56 Å². The van der Waals surface area contributed by atoms with E-state index in [9.17, 15) is 13.2 Å². The molecular weight excluding hydrogens is 405 g/mol. The maximum atomic E-state index is 13.1. The molecule has 7 heteroatoms. The Morgan fingerprint density at radius 3 is 2.71 bits per heavy atom. The lowest BCUT2D eigenvalue weighted by Gasteiger charge is -2.17. The summed E-state index contributed by atoms with van der Waals surface area (Å²) in [6.07, 6.45) is -2.32. The lowest BCUT2D eigenvalue weighted by molar-refractivity contribution is -0.137. The Hall–Kier alpha value is -1.63. The fourth-order valence-electron chi connectivity index (χ4n) is 4.39. The highest BCUT2D eigenvalue weighted by molar-refractivity contribution is 7.99. The van der Waals surface area contributed by atoms with Crippen LogP contribution in [0.2, 0.25) is 5.02 Å². The van der Waals surface area contributed by atoms with E-state index in [0.717, 1.165) is 61.3 Å². The first kappa shape index (κ1) is 18.4. The van der Waals surface area contributed by atoms with Crippen molar-refractivity contribution in [2.45, 2.75) is 37.0 Å². The monoisotopic (exact) mass is 422 g/mol. The molecule has 5 rings (SSSR count). The molecule has 2 aliphatic heterocycles.